The number of amides is 2. The van der Waals surface area contributed by atoms with Crippen molar-refractivity contribution in [3.05, 3.63) is 23.8 Å². The van der Waals surface area contributed by atoms with Crippen LogP contribution in [0.3, 0.4) is 0 Å². The maximum absolute atomic E-state index is 11.7. The van der Waals surface area contributed by atoms with E-state index in [9.17, 15) is 9.59 Å². The van der Waals surface area contributed by atoms with E-state index in [0.717, 1.165) is 11.5 Å². The molecular formula is C10H9N5O4S. The number of carbonyl (C=O) groups is 2. The molecule has 0 saturated heterocycles. The lowest BCUT2D eigenvalue weighted by atomic mass is 10.1. The summed E-state index contributed by atoms with van der Waals surface area (Å²) >= 11 is 0.898. The van der Waals surface area contributed by atoms with Crippen LogP contribution in [0.4, 0.5) is 15.6 Å². The molecule has 0 aliphatic heterocycles. The number of carbonyl (C=O) groups excluding carboxylic acids is 1. The molecule has 0 saturated carbocycles. The lowest BCUT2D eigenvalue weighted by Gasteiger charge is -2.09. The number of hydrogen-bond donors (Lipinski definition) is 3. The van der Waals surface area contributed by atoms with E-state index in [1.54, 1.807) is 0 Å². The zero-order valence-corrected chi connectivity index (χ0v) is 11.0. The number of nitrogens with one attached hydrogen (secondary N) is 2. The van der Waals surface area contributed by atoms with E-state index in [2.05, 4.69) is 25.4 Å². The Morgan fingerprint density at radius 3 is 2.75 bits per heavy atom. The van der Waals surface area contributed by atoms with Crippen LogP contribution < -0.4 is 15.4 Å². The molecule has 0 aliphatic carbocycles. The van der Waals surface area contributed by atoms with Gasteiger partial charge in [0.15, 0.2) is 0 Å². The number of urea groups is 1. The van der Waals surface area contributed by atoms with Crippen LogP contribution in [0, 0.1) is 0 Å². The summed E-state index contributed by atoms with van der Waals surface area (Å²) in [5.74, 6) is -0.807. The molecule has 20 heavy (non-hydrogen) atoms. The zero-order chi connectivity index (χ0) is 14.5. The number of nitrogens with zero attached hydrogens (tertiary/aromatic N) is 3. The molecule has 0 atom stereocenters. The average Bonchev–Trinajstić information content (AvgIpc) is 2.91. The lowest BCUT2D eigenvalue weighted by Crippen LogP contribution is -2.21. The molecule has 104 valence electrons. The van der Waals surface area contributed by atoms with Gasteiger partial charge in [0.1, 0.15) is 5.75 Å². The van der Waals surface area contributed by atoms with Crippen LogP contribution in [0.2, 0.25) is 0 Å². The molecule has 0 unspecified atom stereocenters. The monoisotopic (exact) mass is 295 g/mol. The predicted octanol–water partition coefficient (Wildman–Crippen LogP) is 1.28. The highest BCUT2D eigenvalue weighted by Crippen LogP contribution is 2.22. The van der Waals surface area contributed by atoms with E-state index in [1.807, 2.05) is 0 Å². The van der Waals surface area contributed by atoms with Gasteiger partial charge in [-0.15, -0.1) is 0 Å². The first-order chi connectivity index (χ1) is 9.60. The van der Waals surface area contributed by atoms with Gasteiger partial charge >= 0.3 is 12.0 Å². The SMILES string of the molecule is COc1ccc(NC(=O)Nc2nnns2)c(C(=O)O)c1. The maximum atomic E-state index is 11.7. The fourth-order valence-corrected chi connectivity index (χ4v) is 1.73. The molecule has 0 radical (unpaired) electrons. The molecule has 2 rings (SSSR count). The largest absolute Gasteiger partial charge is 0.497 e. The lowest BCUT2D eigenvalue weighted by molar-refractivity contribution is 0.0697. The number of aromatic nitrogens is 3. The van der Waals surface area contributed by atoms with Crippen LogP contribution >= 0.6 is 11.5 Å². The second kappa shape index (κ2) is 5.93. The van der Waals surface area contributed by atoms with Crippen molar-refractivity contribution in [1.29, 1.82) is 0 Å². The summed E-state index contributed by atoms with van der Waals surface area (Å²) in [5, 5.41) is 20.9. The van der Waals surface area contributed by atoms with E-state index < -0.39 is 12.0 Å². The van der Waals surface area contributed by atoms with Crippen molar-refractivity contribution in [3.63, 3.8) is 0 Å². The third kappa shape index (κ3) is 3.17. The first-order valence-electron chi connectivity index (χ1n) is 5.24. The van der Waals surface area contributed by atoms with Gasteiger partial charge in [-0.3, -0.25) is 5.32 Å². The Morgan fingerprint density at radius 2 is 2.15 bits per heavy atom. The fraction of sp³-hybridized carbons (Fsp3) is 0.100. The van der Waals surface area contributed by atoms with E-state index in [4.69, 9.17) is 9.84 Å². The zero-order valence-electron chi connectivity index (χ0n) is 10.2. The number of benzene rings is 1. The second-order valence-electron chi connectivity index (χ2n) is 3.46. The quantitative estimate of drug-likeness (QED) is 0.775. The van der Waals surface area contributed by atoms with Crippen LogP contribution in [-0.4, -0.2) is 39.0 Å². The molecule has 0 fully saturated rings. The molecule has 2 amide bonds. The van der Waals surface area contributed by atoms with Gasteiger partial charge in [0, 0.05) is 11.5 Å². The molecule has 0 aliphatic rings. The Morgan fingerprint density at radius 1 is 1.35 bits per heavy atom. The van der Waals surface area contributed by atoms with Crippen molar-refractivity contribution in [2.24, 2.45) is 0 Å². The Hall–Kier alpha value is -2.75. The second-order valence-corrected chi connectivity index (χ2v) is 4.20. The molecule has 1 aromatic carbocycles. The summed E-state index contributed by atoms with van der Waals surface area (Å²) < 4.78 is 8.41. The highest BCUT2D eigenvalue weighted by atomic mass is 32.1. The molecule has 10 heteroatoms. The smallest absolute Gasteiger partial charge is 0.337 e. The van der Waals surface area contributed by atoms with Gasteiger partial charge in [-0.1, -0.05) is 9.59 Å². The Bertz CT molecular complexity index is 631. The normalized spacial score (nSPS) is 9.85. The van der Waals surface area contributed by atoms with Crippen molar-refractivity contribution in [2.75, 3.05) is 17.7 Å². The Kier molecular flexibility index (Phi) is 4.05. The molecule has 2 aromatic rings. The minimum absolute atomic E-state index is 0.0881. The summed E-state index contributed by atoms with van der Waals surface area (Å²) in [4.78, 5) is 22.8. The molecule has 1 aromatic heterocycles. The average molecular weight is 295 g/mol. The minimum Gasteiger partial charge on any atom is -0.497 e. The van der Waals surface area contributed by atoms with Gasteiger partial charge in [-0.25, -0.2) is 9.59 Å². The van der Waals surface area contributed by atoms with Crippen LogP contribution in [0.15, 0.2) is 18.2 Å². The first-order valence-corrected chi connectivity index (χ1v) is 6.02. The Labute approximate surface area is 116 Å². The molecule has 9 nitrogen and oxygen atoms in total. The van der Waals surface area contributed by atoms with E-state index in [1.165, 1.54) is 25.3 Å². The highest BCUT2D eigenvalue weighted by Gasteiger charge is 2.14. The van der Waals surface area contributed by atoms with Gasteiger partial charge in [-0.2, -0.15) is 0 Å². The van der Waals surface area contributed by atoms with Crippen LogP contribution in [0.5, 0.6) is 5.75 Å². The van der Waals surface area contributed by atoms with E-state index in [-0.39, 0.29) is 16.4 Å². The van der Waals surface area contributed by atoms with Gasteiger partial charge in [-0.05, 0) is 23.4 Å². The van der Waals surface area contributed by atoms with Crippen molar-refractivity contribution in [3.8, 4) is 5.75 Å². The number of ether oxygens (including phenoxy) is 1. The van der Waals surface area contributed by atoms with E-state index >= 15 is 0 Å². The number of methoxy groups -OCH3 is 1. The number of rotatable bonds is 4. The number of hydrogen-bond acceptors (Lipinski definition) is 7. The number of anilines is 2. The summed E-state index contributed by atoms with van der Waals surface area (Å²) in [5.41, 5.74) is 0.0446. The van der Waals surface area contributed by atoms with Crippen molar-refractivity contribution in [2.45, 2.75) is 0 Å². The van der Waals surface area contributed by atoms with Gasteiger partial charge in [0.25, 0.3) is 0 Å². The summed E-state index contributed by atoms with van der Waals surface area (Å²) in [6, 6.07) is 3.63. The highest BCUT2D eigenvalue weighted by molar-refractivity contribution is 7.09. The van der Waals surface area contributed by atoms with Crippen LogP contribution in [0.25, 0.3) is 0 Å². The van der Waals surface area contributed by atoms with Crippen molar-refractivity contribution in [1.82, 2.24) is 14.8 Å². The topological polar surface area (TPSA) is 126 Å². The minimum atomic E-state index is -1.18. The number of carboxylic acids is 1. The molecule has 0 bridgehead atoms. The number of carboxylic acid groups (broad SMARTS) is 1. The standard InChI is InChI=1S/C10H9N5O4S/c1-19-5-2-3-7(6(4-5)8(16)17)11-9(18)12-10-13-14-15-20-10/h2-4H,1H3,(H,16,17)(H2,11,12,13,15,18). The van der Waals surface area contributed by atoms with Gasteiger partial charge in [0.05, 0.1) is 18.4 Å². The van der Waals surface area contributed by atoms with Gasteiger partial charge in [0.2, 0.25) is 5.13 Å². The molecule has 3 N–H and O–H groups in total. The summed E-state index contributed by atoms with van der Waals surface area (Å²) in [6.45, 7) is 0. The van der Waals surface area contributed by atoms with Gasteiger partial charge < -0.3 is 15.2 Å². The number of aromatic carboxylic acids is 1. The predicted molar refractivity (Wildman–Crippen MR) is 70.3 cm³/mol. The molecular weight excluding hydrogens is 286 g/mol. The van der Waals surface area contributed by atoms with Crippen molar-refractivity contribution >= 4 is 34.4 Å². The summed E-state index contributed by atoms with van der Waals surface area (Å²) in [7, 11) is 1.42. The first kappa shape index (κ1) is 13.7. The van der Waals surface area contributed by atoms with Crippen molar-refractivity contribution < 1.29 is 19.4 Å². The third-order valence-electron chi connectivity index (χ3n) is 2.23. The summed E-state index contributed by atoms with van der Waals surface area (Å²) in [6.07, 6.45) is 0. The van der Waals surface area contributed by atoms with E-state index in [0.29, 0.717) is 5.75 Å². The maximum Gasteiger partial charge on any atom is 0.337 e. The van der Waals surface area contributed by atoms with Crippen LogP contribution in [-0.2, 0) is 0 Å². The third-order valence-corrected chi connectivity index (χ3v) is 2.74. The van der Waals surface area contributed by atoms with Crippen LogP contribution in [0.1, 0.15) is 10.4 Å². The Balaban J connectivity index is 2.16. The molecule has 0 spiro atoms. The fourth-order valence-electron chi connectivity index (χ4n) is 1.37. The molecule has 1 heterocycles.